The fourth-order valence-corrected chi connectivity index (χ4v) is 12.7. The minimum absolute atomic E-state index is 0.863. The van der Waals surface area contributed by atoms with Crippen LogP contribution in [0, 0.1) is 0 Å². The summed E-state index contributed by atoms with van der Waals surface area (Å²) in [6, 6.07) is 86.1. The third kappa shape index (κ3) is 5.71. The minimum atomic E-state index is 0.863. The second-order valence-corrected chi connectivity index (χ2v) is 19.3. The van der Waals surface area contributed by atoms with E-state index in [0.717, 1.165) is 12.8 Å². The van der Waals surface area contributed by atoms with Crippen LogP contribution in [0.5, 0.6) is 0 Å². The lowest BCUT2D eigenvalue weighted by Crippen LogP contribution is -1.96. The zero-order chi connectivity index (χ0) is 45.9. The van der Waals surface area contributed by atoms with Gasteiger partial charge in [0.2, 0.25) is 0 Å². The summed E-state index contributed by atoms with van der Waals surface area (Å²) in [5.41, 5.74) is 34.1. The van der Waals surface area contributed by atoms with Gasteiger partial charge in [-0.2, -0.15) is 0 Å². The van der Waals surface area contributed by atoms with E-state index in [-0.39, 0.29) is 0 Å². The summed E-state index contributed by atoms with van der Waals surface area (Å²) in [4.78, 5) is 0. The molecule has 0 saturated heterocycles. The summed E-state index contributed by atoms with van der Waals surface area (Å²) in [5.74, 6) is 0. The number of allylic oxidation sites excluding steroid dienone is 3. The minimum Gasteiger partial charge on any atom is -0.0622 e. The van der Waals surface area contributed by atoms with Crippen molar-refractivity contribution < 1.29 is 0 Å². The molecule has 4 aliphatic carbocycles. The maximum Gasteiger partial charge on any atom is -0.000705 e. The summed E-state index contributed by atoms with van der Waals surface area (Å²) >= 11 is 0. The standard InChI is InChI=1S/C70H44/c1-5-17-43(18-6-1)41-47-25-13-14-27-50(47)56-35-31-52(46-23-11-4-12-24-46)67-61-40-37-58-55-34-39-60-64-59(30-29-48(42-63(55)64)53-33-38-62(68(56)67)70(61)65(53)58)66-51(45-21-9-3-10-22-45)32-36-57(69(60)66)54-28-16-15-26-49(54)44-19-7-2-8-20-44/h1-40H,41-42H2. The highest BCUT2D eigenvalue weighted by atomic mass is 14.4. The van der Waals surface area contributed by atoms with Crippen LogP contribution in [0.3, 0.4) is 0 Å². The van der Waals surface area contributed by atoms with Crippen molar-refractivity contribution in [3.05, 3.63) is 276 Å². The van der Waals surface area contributed by atoms with Crippen LogP contribution in [0.25, 0.3) is 122 Å². The van der Waals surface area contributed by atoms with E-state index in [4.69, 9.17) is 0 Å². The van der Waals surface area contributed by atoms with Gasteiger partial charge in [-0.25, -0.2) is 0 Å². The van der Waals surface area contributed by atoms with Crippen LogP contribution in [0.1, 0.15) is 33.4 Å². The first-order chi connectivity index (χ1) is 34.8. The molecule has 0 nitrogen and oxygen atoms in total. The molecular weight excluding hydrogens is 841 g/mol. The van der Waals surface area contributed by atoms with E-state index < -0.39 is 0 Å². The molecule has 11 aromatic rings. The number of hydrogen-bond acceptors (Lipinski definition) is 0. The van der Waals surface area contributed by atoms with Gasteiger partial charge in [0.15, 0.2) is 0 Å². The zero-order valence-corrected chi connectivity index (χ0v) is 38.5. The van der Waals surface area contributed by atoms with Gasteiger partial charge in [0.25, 0.3) is 0 Å². The molecule has 0 N–H and O–H groups in total. The molecule has 0 radical (unpaired) electrons. The Kier molecular flexibility index (Phi) is 8.59. The first-order valence-electron chi connectivity index (χ1n) is 24.7. The van der Waals surface area contributed by atoms with E-state index in [0.29, 0.717) is 0 Å². The van der Waals surface area contributed by atoms with E-state index in [1.807, 2.05) is 0 Å². The Morgan fingerprint density at radius 3 is 1.39 bits per heavy atom. The number of rotatable bonds is 7. The van der Waals surface area contributed by atoms with Crippen molar-refractivity contribution in [3.63, 3.8) is 0 Å². The lowest BCUT2D eigenvalue weighted by molar-refractivity contribution is 1.20. The van der Waals surface area contributed by atoms with E-state index in [2.05, 4.69) is 243 Å². The highest BCUT2D eigenvalue weighted by molar-refractivity contribution is 6.26. The van der Waals surface area contributed by atoms with Gasteiger partial charge in [0.1, 0.15) is 0 Å². The summed E-state index contributed by atoms with van der Waals surface area (Å²) < 4.78 is 0. The van der Waals surface area contributed by atoms with Gasteiger partial charge in [0, 0.05) is 0 Å². The summed E-state index contributed by atoms with van der Waals surface area (Å²) in [6.45, 7) is 0. The van der Waals surface area contributed by atoms with Gasteiger partial charge in [-0.15, -0.1) is 0 Å². The molecule has 11 aromatic carbocycles. The molecule has 0 spiro atoms. The lowest BCUT2D eigenvalue weighted by Gasteiger charge is -2.18. The van der Waals surface area contributed by atoms with Crippen LogP contribution in [0.15, 0.2) is 243 Å². The van der Waals surface area contributed by atoms with Gasteiger partial charge in [-0.05, 0) is 168 Å². The maximum atomic E-state index is 2.47. The topological polar surface area (TPSA) is 0 Å². The highest BCUT2D eigenvalue weighted by Gasteiger charge is 2.37. The molecule has 4 aliphatic rings. The number of hydrogen-bond donors (Lipinski definition) is 0. The Hall–Kier alpha value is -8.84. The monoisotopic (exact) mass is 884 g/mol. The third-order valence-electron chi connectivity index (χ3n) is 15.7. The van der Waals surface area contributed by atoms with Gasteiger partial charge in [0.05, 0.1) is 0 Å². The Morgan fingerprint density at radius 2 is 0.700 bits per heavy atom. The van der Waals surface area contributed by atoms with E-state index in [9.17, 15) is 0 Å². The van der Waals surface area contributed by atoms with Crippen LogP contribution in [0.2, 0.25) is 0 Å². The molecule has 0 unspecified atom stereocenters. The van der Waals surface area contributed by atoms with Gasteiger partial charge in [-0.1, -0.05) is 243 Å². The first kappa shape index (κ1) is 39.2. The molecule has 0 heterocycles. The van der Waals surface area contributed by atoms with E-state index in [1.165, 1.54) is 155 Å². The van der Waals surface area contributed by atoms with Crippen LogP contribution in [0.4, 0.5) is 0 Å². The number of benzene rings is 11. The smallest absolute Gasteiger partial charge is 0.000705 e. The average Bonchev–Trinajstić information content (AvgIpc) is 3.81. The molecule has 0 aliphatic heterocycles. The number of fused-ring (bicyclic) bond motifs is 9. The van der Waals surface area contributed by atoms with Crippen molar-refractivity contribution in [2.75, 3.05) is 0 Å². The average molecular weight is 885 g/mol. The molecule has 0 fully saturated rings. The summed E-state index contributed by atoms with van der Waals surface area (Å²) in [5, 5.41) is 2.74. The van der Waals surface area contributed by atoms with Gasteiger partial charge in [-0.3, -0.25) is 0 Å². The molecule has 0 aromatic heterocycles. The van der Waals surface area contributed by atoms with Crippen LogP contribution >= 0.6 is 0 Å². The second-order valence-electron chi connectivity index (χ2n) is 19.3. The van der Waals surface area contributed by atoms with Crippen LogP contribution < -0.4 is 0 Å². The van der Waals surface area contributed by atoms with Gasteiger partial charge < -0.3 is 0 Å². The normalized spacial score (nSPS) is 13.0. The second kappa shape index (κ2) is 15.3. The molecule has 0 amide bonds. The fraction of sp³-hybridized carbons (Fsp3) is 0.0286. The van der Waals surface area contributed by atoms with E-state index >= 15 is 0 Å². The molecule has 324 valence electrons. The predicted molar refractivity (Wildman–Crippen MR) is 294 cm³/mol. The van der Waals surface area contributed by atoms with E-state index in [1.54, 1.807) is 0 Å². The van der Waals surface area contributed by atoms with Crippen LogP contribution in [-0.2, 0) is 12.8 Å². The molecule has 70 heavy (non-hydrogen) atoms. The Bertz CT molecular complexity index is 4060. The largest absolute Gasteiger partial charge is 0.0622 e. The van der Waals surface area contributed by atoms with Crippen molar-refractivity contribution in [1.82, 2.24) is 0 Å². The van der Waals surface area contributed by atoms with Crippen molar-refractivity contribution in [2.24, 2.45) is 0 Å². The SMILES string of the molecule is C1=C2c3c(ccc4c3CC(=C1)c1ccc3c5c(ccc-4c15)-c1c(-c4ccccc4)ccc(-c4ccccc4Cc4ccccc4)c1-3)-c1c(-c3ccccc3-c3ccccc3)ccc(-c3ccccc3)c12. The van der Waals surface area contributed by atoms with Gasteiger partial charge >= 0.3 is 0 Å². The molecule has 0 atom stereocenters. The maximum absolute atomic E-state index is 2.47. The molecular formula is C70H44. The molecule has 0 heteroatoms. The highest BCUT2D eigenvalue weighted by Crippen LogP contribution is 2.61. The summed E-state index contributed by atoms with van der Waals surface area (Å²) in [6.07, 6.45) is 6.68. The predicted octanol–water partition coefficient (Wildman–Crippen LogP) is 18.4. The molecule has 0 saturated carbocycles. The Morgan fingerprint density at radius 1 is 0.257 bits per heavy atom. The third-order valence-corrected chi connectivity index (χ3v) is 15.7. The summed E-state index contributed by atoms with van der Waals surface area (Å²) in [7, 11) is 0. The first-order valence-corrected chi connectivity index (χ1v) is 24.7. The Labute approximate surface area is 408 Å². The molecule has 15 rings (SSSR count). The molecule has 2 bridgehead atoms. The van der Waals surface area contributed by atoms with Crippen molar-refractivity contribution in [1.29, 1.82) is 0 Å². The Balaban J connectivity index is 0.978. The van der Waals surface area contributed by atoms with Crippen molar-refractivity contribution >= 4 is 21.9 Å². The van der Waals surface area contributed by atoms with Crippen molar-refractivity contribution in [2.45, 2.75) is 12.8 Å². The van der Waals surface area contributed by atoms with Crippen LogP contribution in [-0.4, -0.2) is 0 Å². The van der Waals surface area contributed by atoms with Crippen molar-refractivity contribution in [3.8, 4) is 100 Å². The lowest BCUT2D eigenvalue weighted by atomic mass is 9.85. The zero-order valence-electron chi connectivity index (χ0n) is 38.5. The quantitative estimate of drug-likeness (QED) is 0.150. The fourth-order valence-electron chi connectivity index (χ4n) is 12.7.